The number of hydrogen-bond donors (Lipinski definition) is 1. The van der Waals surface area contributed by atoms with Crippen molar-refractivity contribution in [2.45, 2.75) is 25.0 Å². The standard InChI is InChI=1S/C14H19NO3S/c1-11(10-14(17)18-2)19-9-8-13(16)15-12-6-4-3-5-7-12/h3-7,11H,8-10H2,1-2H3,(H,15,16). The lowest BCUT2D eigenvalue weighted by Crippen LogP contribution is -2.14. The summed E-state index contributed by atoms with van der Waals surface area (Å²) in [5, 5.41) is 2.99. The summed E-state index contributed by atoms with van der Waals surface area (Å²) in [4.78, 5) is 22.7. The molecule has 1 N–H and O–H groups in total. The molecule has 104 valence electrons. The summed E-state index contributed by atoms with van der Waals surface area (Å²) in [6, 6.07) is 9.36. The Morgan fingerprint density at radius 1 is 1.32 bits per heavy atom. The fourth-order valence-electron chi connectivity index (χ4n) is 1.47. The number of ether oxygens (including phenoxy) is 1. The van der Waals surface area contributed by atoms with Crippen LogP contribution in [0.2, 0.25) is 0 Å². The third-order valence-electron chi connectivity index (χ3n) is 2.47. The molecule has 0 spiro atoms. The first-order valence-corrected chi connectivity index (χ1v) is 7.20. The number of carbonyl (C=O) groups excluding carboxylic acids is 2. The number of amides is 1. The summed E-state index contributed by atoms with van der Waals surface area (Å²) < 4.78 is 4.60. The van der Waals surface area contributed by atoms with Crippen LogP contribution in [-0.4, -0.2) is 30.0 Å². The molecule has 19 heavy (non-hydrogen) atoms. The Labute approximate surface area is 117 Å². The monoisotopic (exact) mass is 281 g/mol. The summed E-state index contributed by atoms with van der Waals surface area (Å²) >= 11 is 1.60. The van der Waals surface area contributed by atoms with E-state index in [-0.39, 0.29) is 17.1 Å². The Balaban J connectivity index is 2.19. The van der Waals surface area contributed by atoms with Gasteiger partial charge in [-0.05, 0) is 12.1 Å². The van der Waals surface area contributed by atoms with Crippen LogP contribution >= 0.6 is 11.8 Å². The normalized spacial score (nSPS) is 11.7. The molecule has 0 saturated heterocycles. The fourth-order valence-corrected chi connectivity index (χ4v) is 2.43. The van der Waals surface area contributed by atoms with Gasteiger partial charge < -0.3 is 10.1 Å². The quantitative estimate of drug-likeness (QED) is 0.781. The molecule has 0 radical (unpaired) electrons. The largest absolute Gasteiger partial charge is 0.469 e. The van der Waals surface area contributed by atoms with Crippen molar-refractivity contribution in [2.24, 2.45) is 0 Å². The summed E-state index contributed by atoms with van der Waals surface area (Å²) in [5.41, 5.74) is 0.806. The zero-order chi connectivity index (χ0) is 14.1. The van der Waals surface area contributed by atoms with E-state index in [9.17, 15) is 9.59 Å². The van der Waals surface area contributed by atoms with Gasteiger partial charge in [-0.25, -0.2) is 0 Å². The fraction of sp³-hybridized carbons (Fsp3) is 0.429. The number of esters is 1. The second-order valence-corrected chi connectivity index (χ2v) is 5.67. The topological polar surface area (TPSA) is 55.4 Å². The molecule has 0 aliphatic heterocycles. The number of para-hydroxylation sites is 1. The Hall–Kier alpha value is -1.49. The van der Waals surface area contributed by atoms with Crippen LogP contribution in [0.3, 0.4) is 0 Å². The van der Waals surface area contributed by atoms with Gasteiger partial charge in [0.1, 0.15) is 0 Å². The lowest BCUT2D eigenvalue weighted by Gasteiger charge is -2.09. The highest BCUT2D eigenvalue weighted by Crippen LogP contribution is 2.16. The van der Waals surface area contributed by atoms with Gasteiger partial charge in [-0.2, -0.15) is 11.8 Å². The van der Waals surface area contributed by atoms with E-state index >= 15 is 0 Å². The number of carbonyl (C=O) groups is 2. The SMILES string of the molecule is COC(=O)CC(C)SCCC(=O)Nc1ccccc1. The number of hydrogen-bond acceptors (Lipinski definition) is 4. The lowest BCUT2D eigenvalue weighted by molar-refractivity contribution is -0.140. The van der Waals surface area contributed by atoms with Crippen molar-refractivity contribution in [1.82, 2.24) is 0 Å². The molecular weight excluding hydrogens is 262 g/mol. The van der Waals surface area contributed by atoms with Crippen LogP contribution in [0.25, 0.3) is 0 Å². The molecule has 1 amide bonds. The van der Waals surface area contributed by atoms with Crippen LogP contribution in [-0.2, 0) is 14.3 Å². The maximum Gasteiger partial charge on any atom is 0.306 e. The van der Waals surface area contributed by atoms with Gasteiger partial charge in [-0.3, -0.25) is 9.59 Å². The molecule has 0 aliphatic carbocycles. The molecule has 1 atom stereocenters. The van der Waals surface area contributed by atoms with Gasteiger partial charge >= 0.3 is 5.97 Å². The molecule has 0 aliphatic rings. The average molecular weight is 281 g/mol. The van der Waals surface area contributed by atoms with Gasteiger partial charge in [0.15, 0.2) is 0 Å². The van der Waals surface area contributed by atoms with Crippen LogP contribution in [0.5, 0.6) is 0 Å². The van der Waals surface area contributed by atoms with Crippen LogP contribution < -0.4 is 5.32 Å². The first kappa shape index (κ1) is 15.6. The van der Waals surface area contributed by atoms with E-state index in [4.69, 9.17) is 0 Å². The molecule has 1 rings (SSSR count). The van der Waals surface area contributed by atoms with E-state index in [0.717, 1.165) is 5.69 Å². The molecule has 4 nitrogen and oxygen atoms in total. The molecule has 5 heteroatoms. The first-order chi connectivity index (χ1) is 9.11. The number of anilines is 1. The van der Waals surface area contributed by atoms with Crippen molar-refractivity contribution >= 4 is 29.3 Å². The smallest absolute Gasteiger partial charge is 0.306 e. The van der Waals surface area contributed by atoms with Gasteiger partial charge in [0.25, 0.3) is 0 Å². The highest BCUT2D eigenvalue weighted by molar-refractivity contribution is 7.99. The van der Waals surface area contributed by atoms with E-state index in [2.05, 4.69) is 10.1 Å². The summed E-state index contributed by atoms with van der Waals surface area (Å²) in [6.07, 6.45) is 0.812. The van der Waals surface area contributed by atoms with E-state index < -0.39 is 0 Å². The number of nitrogens with one attached hydrogen (secondary N) is 1. The van der Waals surface area contributed by atoms with Gasteiger partial charge in [-0.1, -0.05) is 25.1 Å². The van der Waals surface area contributed by atoms with Crippen molar-refractivity contribution in [3.63, 3.8) is 0 Å². The Bertz CT molecular complexity index is 408. The van der Waals surface area contributed by atoms with Crippen LogP contribution in [0.4, 0.5) is 5.69 Å². The van der Waals surface area contributed by atoms with Crippen molar-refractivity contribution in [1.29, 1.82) is 0 Å². The lowest BCUT2D eigenvalue weighted by atomic mass is 10.3. The minimum Gasteiger partial charge on any atom is -0.469 e. The highest BCUT2D eigenvalue weighted by Gasteiger charge is 2.10. The summed E-state index contributed by atoms with van der Waals surface area (Å²) in [6.45, 7) is 1.96. The molecule has 0 aromatic heterocycles. The Morgan fingerprint density at radius 2 is 2.00 bits per heavy atom. The molecule has 1 aromatic rings. The second kappa shape index (κ2) is 8.58. The van der Waals surface area contributed by atoms with Gasteiger partial charge in [0.05, 0.1) is 13.5 Å². The van der Waals surface area contributed by atoms with Crippen molar-refractivity contribution in [3.05, 3.63) is 30.3 Å². The second-order valence-electron chi connectivity index (χ2n) is 4.13. The number of thioether (sulfide) groups is 1. The number of benzene rings is 1. The van der Waals surface area contributed by atoms with Crippen molar-refractivity contribution in [2.75, 3.05) is 18.2 Å². The van der Waals surface area contributed by atoms with Crippen molar-refractivity contribution < 1.29 is 14.3 Å². The molecule has 0 fully saturated rings. The molecule has 0 saturated carbocycles. The highest BCUT2D eigenvalue weighted by atomic mass is 32.2. The molecule has 0 heterocycles. The van der Waals surface area contributed by atoms with Gasteiger partial charge in [0, 0.05) is 23.1 Å². The zero-order valence-electron chi connectivity index (χ0n) is 11.2. The minimum atomic E-state index is -0.214. The number of methoxy groups -OCH3 is 1. The van der Waals surface area contributed by atoms with Crippen LogP contribution in [0.1, 0.15) is 19.8 Å². The predicted octanol–water partition coefficient (Wildman–Crippen LogP) is 2.70. The first-order valence-electron chi connectivity index (χ1n) is 6.15. The van der Waals surface area contributed by atoms with Crippen molar-refractivity contribution in [3.8, 4) is 0 Å². The third kappa shape index (κ3) is 6.86. The average Bonchev–Trinajstić information content (AvgIpc) is 2.39. The summed E-state index contributed by atoms with van der Waals surface area (Å²) in [5.74, 6) is 0.467. The minimum absolute atomic E-state index is 0.0102. The Kier molecular flexibility index (Phi) is 7.03. The van der Waals surface area contributed by atoms with E-state index in [1.807, 2.05) is 37.3 Å². The van der Waals surface area contributed by atoms with E-state index in [0.29, 0.717) is 18.6 Å². The maximum atomic E-state index is 11.7. The van der Waals surface area contributed by atoms with E-state index in [1.165, 1.54) is 7.11 Å². The number of rotatable bonds is 7. The van der Waals surface area contributed by atoms with Crippen LogP contribution in [0.15, 0.2) is 30.3 Å². The molecule has 0 bridgehead atoms. The van der Waals surface area contributed by atoms with Gasteiger partial charge in [0.2, 0.25) is 5.91 Å². The molecule has 1 unspecified atom stereocenters. The summed E-state index contributed by atoms with van der Waals surface area (Å²) in [7, 11) is 1.38. The molecule has 1 aromatic carbocycles. The zero-order valence-corrected chi connectivity index (χ0v) is 12.0. The van der Waals surface area contributed by atoms with Gasteiger partial charge in [-0.15, -0.1) is 0 Å². The van der Waals surface area contributed by atoms with Crippen LogP contribution in [0, 0.1) is 0 Å². The molecular formula is C14H19NO3S. The third-order valence-corrected chi connectivity index (χ3v) is 3.65. The van der Waals surface area contributed by atoms with E-state index in [1.54, 1.807) is 11.8 Å². The Morgan fingerprint density at radius 3 is 2.63 bits per heavy atom. The maximum absolute atomic E-state index is 11.7. The predicted molar refractivity (Wildman–Crippen MR) is 78.2 cm³/mol.